The maximum absolute atomic E-state index is 13.8. The van der Waals surface area contributed by atoms with Gasteiger partial charge in [-0.1, -0.05) is 25.1 Å². The molecule has 2 aromatic heterocycles. The lowest BCUT2D eigenvalue weighted by atomic mass is 10.0. The Labute approximate surface area is 132 Å². The van der Waals surface area contributed by atoms with E-state index in [0.29, 0.717) is 17.1 Å². The maximum atomic E-state index is 13.8. The lowest BCUT2D eigenvalue weighted by Gasteiger charge is -2.08. The first-order valence-electron chi connectivity index (χ1n) is 7.38. The summed E-state index contributed by atoms with van der Waals surface area (Å²) in [7, 11) is 0. The molecular weight excluding hydrogens is 295 g/mol. The first kappa shape index (κ1) is 15.1. The van der Waals surface area contributed by atoms with Crippen molar-refractivity contribution in [2.45, 2.75) is 26.7 Å². The Morgan fingerprint density at radius 3 is 2.87 bits per heavy atom. The van der Waals surface area contributed by atoms with E-state index in [0.717, 1.165) is 16.6 Å². The summed E-state index contributed by atoms with van der Waals surface area (Å²) in [4.78, 5) is 19.7. The van der Waals surface area contributed by atoms with E-state index in [1.54, 1.807) is 19.9 Å². The van der Waals surface area contributed by atoms with E-state index in [1.807, 2.05) is 25.1 Å². The summed E-state index contributed by atoms with van der Waals surface area (Å²) in [6.07, 6.45) is 1.39. The van der Waals surface area contributed by atoms with Crippen molar-refractivity contribution in [2.24, 2.45) is 0 Å². The van der Waals surface area contributed by atoms with Gasteiger partial charge in [-0.25, -0.2) is 14.5 Å². The van der Waals surface area contributed by atoms with Gasteiger partial charge in [-0.15, -0.1) is 0 Å². The van der Waals surface area contributed by atoms with Gasteiger partial charge in [0.1, 0.15) is 11.7 Å². The summed E-state index contributed by atoms with van der Waals surface area (Å²) in [5.74, 6) is -0.370. The summed E-state index contributed by atoms with van der Waals surface area (Å²) < 4.78 is 13.8. The van der Waals surface area contributed by atoms with Crippen LogP contribution in [0.1, 0.15) is 31.0 Å². The topological polar surface area (TPSA) is 74.4 Å². The molecule has 1 atom stereocenters. The lowest BCUT2D eigenvalue weighted by Crippen LogP contribution is -2.14. The smallest absolute Gasteiger partial charge is 0.275 e. The van der Waals surface area contributed by atoms with E-state index in [1.165, 1.54) is 6.08 Å². The molecule has 0 saturated heterocycles. The van der Waals surface area contributed by atoms with Crippen LogP contribution in [0.15, 0.2) is 41.0 Å². The number of imidazole rings is 1. The van der Waals surface area contributed by atoms with Gasteiger partial charge in [0.15, 0.2) is 0 Å². The van der Waals surface area contributed by atoms with Crippen molar-refractivity contribution in [3.63, 3.8) is 0 Å². The molecule has 5 nitrogen and oxygen atoms in total. The average Bonchev–Trinajstić information content (AvgIpc) is 2.99. The molecule has 0 aliphatic rings. The molecule has 23 heavy (non-hydrogen) atoms. The molecule has 1 unspecified atom stereocenters. The number of benzene rings is 1. The number of hydrogen-bond donors (Lipinski definition) is 2. The Morgan fingerprint density at radius 1 is 1.39 bits per heavy atom. The molecule has 3 aromatic rings. The molecule has 0 aliphatic carbocycles. The number of H-pyrrole nitrogens is 2. The molecule has 0 saturated carbocycles. The predicted molar refractivity (Wildman–Crippen MR) is 88.0 cm³/mol. The van der Waals surface area contributed by atoms with E-state index in [4.69, 9.17) is 0 Å². The molecular formula is C17H17FN4O. The molecule has 0 fully saturated rings. The van der Waals surface area contributed by atoms with Crippen molar-refractivity contribution in [1.82, 2.24) is 20.2 Å². The van der Waals surface area contributed by atoms with Crippen LogP contribution in [0.4, 0.5) is 4.39 Å². The number of halogens is 1. The standard InChI is InChI=1S/C17H17FN4O/c1-4-12(18)10(3)14-8-11(17(23)22-21-14)16-19-13-7-5-6-9(2)15(13)20-16/h4-8,10H,1-3H3,(H,19,20)(H,22,23)/b12-4+. The fourth-order valence-corrected chi connectivity index (χ4v) is 2.51. The zero-order valence-corrected chi connectivity index (χ0v) is 13.1. The highest BCUT2D eigenvalue weighted by Gasteiger charge is 2.17. The molecule has 0 spiro atoms. The monoisotopic (exact) mass is 312 g/mol. The fourth-order valence-electron chi connectivity index (χ4n) is 2.51. The van der Waals surface area contributed by atoms with Gasteiger partial charge in [-0.2, -0.15) is 5.10 Å². The third kappa shape index (κ3) is 2.67. The molecule has 6 heteroatoms. The molecule has 0 radical (unpaired) electrons. The molecule has 0 amide bonds. The van der Waals surface area contributed by atoms with Crippen LogP contribution in [-0.4, -0.2) is 20.2 Å². The molecule has 118 valence electrons. The average molecular weight is 312 g/mol. The van der Waals surface area contributed by atoms with Crippen molar-refractivity contribution in [2.75, 3.05) is 0 Å². The Bertz CT molecular complexity index is 955. The van der Waals surface area contributed by atoms with Crippen LogP contribution in [0.5, 0.6) is 0 Å². The van der Waals surface area contributed by atoms with Crippen molar-refractivity contribution < 1.29 is 4.39 Å². The van der Waals surface area contributed by atoms with Crippen LogP contribution in [0.2, 0.25) is 0 Å². The van der Waals surface area contributed by atoms with Gasteiger partial charge < -0.3 is 4.98 Å². The predicted octanol–water partition coefficient (Wildman–Crippen LogP) is 3.60. The summed E-state index contributed by atoms with van der Waals surface area (Å²) >= 11 is 0. The van der Waals surface area contributed by atoms with Crippen molar-refractivity contribution >= 4 is 11.0 Å². The quantitative estimate of drug-likeness (QED) is 0.776. The molecule has 0 bridgehead atoms. The van der Waals surface area contributed by atoms with Gasteiger partial charge in [0.05, 0.1) is 28.2 Å². The highest BCUT2D eigenvalue weighted by atomic mass is 19.1. The number of aromatic nitrogens is 4. The number of nitrogens with one attached hydrogen (secondary N) is 2. The highest BCUT2D eigenvalue weighted by molar-refractivity contribution is 5.82. The Hall–Kier alpha value is -2.76. The number of para-hydroxylation sites is 1. The van der Waals surface area contributed by atoms with Crippen LogP contribution in [0.25, 0.3) is 22.4 Å². The van der Waals surface area contributed by atoms with E-state index in [9.17, 15) is 9.18 Å². The number of rotatable bonds is 3. The molecule has 2 heterocycles. The number of fused-ring (bicyclic) bond motifs is 1. The van der Waals surface area contributed by atoms with E-state index < -0.39 is 5.92 Å². The molecule has 2 N–H and O–H groups in total. The second-order valence-corrected chi connectivity index (χ2v) is 5.49. The maximum Gasteiger partial charge on any atom is 0.275 e. The minimum Gasteiger partial charge on any atom is -0.338 e. The summed E-state index contributed by atoms with van der Waals surface area (Å²) in [5, 5.41) is 6.37. The van der Waals surface area contributed by atoms with Crippen LogP contribution in [-0.2, 0) is 0 Å². The van der Waals surface area contributed by atoms with E-state index >= 15 is 0 Å². The normalized spacial score (nSPS) is 13.5. The van der Waals surface area contributed by atoms with Crippen molar-refractivity contribution in [1.29, 1.82) is 0 Å². The van der Waals surface area contributed by atoms with Gasteiger partial charge in [0, 0.05) is 0 Å². The number of hydrogen-bond acceptors (Lipinski definition) is 3. The van der Waals surface area contributed by atoms with Crippen LogP contribution < -0.4 is 5.56 Å². The zero-order valence-electron chi connectivity index (χ0n) is 13.1. The lowest BCUT2D eigenvalue weighted by molar-refractivity contribution is 0.552. The summed E-state index contributed by atoms with van der Waals surface area (Å²) in [6.45, 7) is 5.28. The number of nitrogens with zero attached hydrogens (tertiary/aromatic N) is 2. The number of aromatic amines is 2. The van der Waals surface area contributed by atoms with Gasteiger partial charge >= 0.3 is 0 Å². The fraction of sp³-hybridized carbons (Fsp3) is 0.235. The molecule has 3 rings (SSSR count). The highest BCUT2D eigenvalue weighted by Crippen LogP contribution is 2.25. The Kier molecular flexibility index (Phi) is 3.82. The van der Waals surface area contributed by atoms with Crippen LogP contribution >= 0.6 is 0 Å². The third-order valence-corrected chi connectivity index (χ3v) is 3.93. The first-order chi connectivity index (χ1) is 11.0. The molecule has 0 aliphatic heterocycles. The van der Waals surface area contributed by atoms with Crippen LogP contribution in [0.3, 0.4) is 0 Å². The second kappa shape index (κ2) is 5.79. The Morgan fingerprint density at radius 2 is 2.17 bits per heavy atom. The number of allylic oxidation sites excluding steroid dienone is 2. The largest absolute Gasteiger partial charge is 0.338 e. The summed E-state index contributed by atoms with van der Waals surface area (Å²) in [6, 6.07) is 7.36. The van der Waals surface area contributed by atoms with Gasteiger partial charge in [0.25, 0.3) is 5.56 Å². The van der Waals surface area contributed by atoms with E-state index in [2.05, 4.69) is 20.2 Å². The van der Waals surface area contributed by atoms with Gasteiger partial charge in [-0.3, -0.25) is 4.79 Å². The number of aryl methyl sites for hydroxylation is 1. The first-order valence-corrected chi connectivity index (χ1v) is 7.38. The van der Waals surface area contributed by atoms with E-state index in [-0.39, 0.29) is 11.4 Å². The second-order valence-electron chi connectivity index (χ2n) is 5.49. The van der Waals surface area contributed by atoms with Crippen molar-refractivity contribution in [3.8, 4) is 11.4 Å². The summed E-state index contributed by atoms with van der Waals surface area (Å²) in [5.41, 5.74) is 3.12. The van der Waals surface area contributed by atoms with Crippen molar-refractivity contribution in [3.05, 3.63) is 57.8 Å². The van der Waals surface area contributed by atoms with Gasteiger partial charge in [-0.05, 0) is 31.5 Å². The zero-order chi connectivity index (χ0) is 16.6. The Balaban J connectivity index is 2.14. The third-order valence-electron chi connectivity index (χ3n) is 3.93. The van der Waals surface area contributed by atoms with Gasteiger partial charge in [0.2, 0.25) is 0 Å². The molecule has 1 aromatic carbocycles. The minimum absolute atomic E-state index is 0.295. The minimum atomic E-state index is -0.526. The SMILES string of the molecule is C/C=C(/F)C(C)c1cc(-c2nc3c(C)cccc3[nH]2)c(=O)[nH]n1. The van der Waals surface area contributed by atoms with Crippen LogP contribution in [0, 0.1) is 6.92 Å².